The van der Waals surface area contributed by atoms with Crippen molar-refractivity contribution in [1.29, 1.82) is 0 Å². The fourth-order valence-corrected chi connectivity index (χ4v) is 5.16. The van der Waals surface area contributed by atoms with E-state index in [1.165, 1.54) is 0 Å². The number of carbonyl (C=O) groups excluding carboxylic acids is 1. The molecule has 1 saturated carbocycles. The van der Waals surface area contributed by atoms with Crippen LogP contribution in [0.4, 0.5) is 0 Å². The zero-order valence-corrected chi connectivity index (χ0v) is 18.4. The second kappa shape index (κ2) is 9.45. The summed E-state index contributed by atoms with van der Waals surface area (Å²) in [5.74, 6) is -0.534. The average molecular weight is 425 g/mol. The minimum absolute atomic E-state index is 0.0693. The number of likely N-dealkylation sites (tertiary alicyclic amines) is 1. The number of likely N-dealkylation sites (N-methyl/N-ethyl adjacent to an activating group) is 1. The van der Waals surface area contributed by atoms with Gasteiger partial charge in [-0.05, 0) is 24.0 Å². The number of quaternary nitrogens is 1. The molecule has 0 spiro atoms. The van der Waals surface area contributed by atoms with Gasteiger partial charge in [0.2, 0.25) is 0 Å². The summed E-state index contributed by atoms with van der Waals surface area (Å²) >= 11 is 0. The lowest BCUT2D eigenvalue weighted by atomic mass is 9.80. The Morgan fingerprint density at radius 2 is 1.74 bits per heavy atom. The number of nitrogens with zero attached hydrogens (tertiary/aromatic N) is 3. The number of rotatable bonds is 7. The van der Waals surface area contributed by atoms with Gasteiger partial charge >= 0.3 is 5.97 Å². The zero-order chi connectivity index (χ0) is 21.7. The highest BCUT2D eigenvalue weighted by molar-refractivity contribution is 5.81. The normalized spacial score (nSPS) is 26.3. The zero-order valence-electron chi connectivity index (χ0n) is 18.4. The van der Waals surface area contributed by atoms with Gasteiger partial charge in [0.25, 0.3) is 0 Å². The molecule has 0 bridgehead atoms. The van der Waals surface area contributed by atoms with Gasteiger partial charge in [-0.3, -0.25) is 0 Å². The third-order valence-electron chi connectivity index (χ3n) is 7.28. The fourth-order valence-electron chi connectivity index (χ4n) is 5.16. The number of benzene rings is 1. The highest BCUT2D eigenvalue weighted by atomic mass is 16.6. The van der Waals surface area contributed by atoms with E-state index in [2.05, 4.69) is 17.0 Å². The number of ether oxygens (including phenoxy) is 1. The molecule has 1 atom stereocenters. The van der Waals surface area contributed by atoms with E-state index in [1.807, 2.05) is 42.7 Å². The molecule has 1 aliphatic heterocycles. The van der Waals surface area contributed by atoms with Crippen LogP contribution in [0.15, 0.2) is 49.1 Å². The van der Waals surface area contributed by atoms with E-state index >= 15 is 0 Å². The van der Waals surface area contributed by atoms with Crippen LogP contribution in [0.25, 0.3) is 0 Å². The molecule has 6 heteroatoms. The molecule has 1 aromatic carbocycles. The first-order chi connectivity index (χ1) is 15.0. The number of aromatic nitrogens is 2. The molecule has 1 aromatic heterocycles. The first-order valence-electron chi connectivity index (χ1n) is 11.6. The first-order valence-corrected chi connectivity index (χ1v) is 11.6. The van der Waals surface area contributed by atoms with E-state index in [0.29, 0.717) is 5.56 Å². The highest BCUT2D eigenvalue weighted by Gasteiger charge is 2.49. The molecule has 2 aromatic rings. The van der Waals surface area contributed by atoms with Gasteiger partial charge < -0.3 is 14.3 Å². The molecule has 2 heterocycles. The molecule has 0 amide bonds. The number of hydrogen-bond donors (Lipinski definition) is 1. The van der Waals surface area contributed by atoms with Crippen molar-refractivity contribution >= 4 is 5.97 Å². The molecule has 1 unspecified atom stereocenters. The van der Waals surface area contributed by atoms with E-state index in [9.17, 15) is 9.90 Å². The number of piperidine rings is 1. The Morgan fingerprint density at radius 3 is 2.39 bits per heavy atom. The molecule has 1 aliphatic carbocycles. The summed E-state index contributed by atoms with van der Waals surface area (Å²) in [7, 11) is 2.26. The smallest absolute Gasteiger partial charge is 0.343 e. The second-order valence-corrected chi connectivity index (χ2v) is 9.51. The molecular formula is C25H34N3O3+. The van der Waals surface area contributed by atoms with E-state index < -0.39 is 11.6 Å². The van der Waals surface area contributed by atoms with E-state index in [0.717, 1.165) is 74.6 Å². The van der Waals surface area contributed by atoms with Gasteiger partial charge in [0.05, 0.1) is 26.7 Å². The van der Waals surface area contributed by atoms with Gasteiger partial charge in [-0.25, -0.2) is 14.8 Å². The fraction of sp³-hybridized carbons (Fsp3) is 0.560. The van der Waals surface area contributed by atoms with E-state index in [4.69, 9.17) is 4.74 Å². The van der Waals surface area contributed by atoms with Crippen molar-refractivity contribution in [1.82, 2.24) is 9.97 Å². The summed E-state index contributed by atoms with van der Waals surface area (Å²) in [5.41, 5.74) is 0.272. The van der Waals surface area contributed by atoms with Gasteiger partial charge in [0.1, 0.15) is 12.4 Å². The molecule has 2 fully saturated rings. The van der Waals surface area contributed by atoms with Crippen LogP contribution >= 0.6 is 0 Å². The quantitative estimate of drug-likeness (QED) is 0.546. The molecular weight excluding hydrogens is 390 g/mol. The Bertz CT molecular complexity index is 847. The van der Waals surface area contributed by atoms with Gasteiger partial charge in [-0.1, -0.05) is 43.2 Å². The summed E-state index contributed by atoms with van der Waals surface area (Å²) in [6.07, 6.45) is 11.6. The van der Waals surface area contributed by atoms with Crippen LogP contribution < -0.4 is 0 Å². The minimum atomic E-state index is -1.54. The topological polar surface area (TPSA) is 72.3 Å². The number of esters is 1. The summed E-state index contributed by atoms with van der Waals surface area (Å²) in [4.78, 5) is 21.5. The predicted molar refractivity (Wildman–Crippen MR) is 118 cm³/mol. The maximum Gasteiger partial charge on any atom is 0.343 e. The standard InChI is InChI=1S/C25H34N3O3/c1-28(14-11-20-17-26-19-27-18-20)15-12-23(13-16-28)31-24(29)25(30,22-9-5-6-10-22)21-7-3-2-4-8-21/h2-4,7-8,17-19,22-23,30H,5-6,9-16H2,1H3/q+1. The van der Waals surface area contributed by atoms with Gasteiger partial charge in [-0.2, -0.15) is 0 Å². The number of carbonyl (C=O) groups is 1. The third-order valence-corrected chi connectivity index (χ3v) is 7.28. The minimum Gasteiger partial charge on any atom is -0.460 e. The van der Waals surface area contributed by atoms with Gasteiger partial charge in [0.15, 0.2) is 5.60 Å². The first kappa shape index (κ1) is 21.9. The van der Waals surface area contributed by atoms with Crippen LogP contribution in [0.2, 0.25) is 0 Å². The van der Waals surface area contributed by atoms with Gasteiger partial charge in [0, 0.05) is 37.6 Å². The maximum absolute atomic E-state index is 13.3. The summed E-state index contributed by atoms with van der Waals surface area (Å²) in [6, 6.07) is 9.36. The van der Waals surface area contributed by atoms with Crippen molar-refractivity contribution in [3.05, 3.63) is 60.2 Å². The van der Waals surface area contributed by atoms with Crippen molar-refractivity contribution < 1.29 is 19.1 Å². The SMILES string of the molecule is C[N+]1(CCc2cncnc2)CCC(OC(=O)C(O)(c2ccccc2)C2CCCC2)CC1. The molecule has 4 rings (SSSR count). The molecule has 31 heavy (non-hydrogen) atoms. The van der Waals surface area contributed by atoms with Crippen LogP contribution in [0, 0.1) is 5.92 Å². The second-order valence-electron chi connectivity index (χ2n) is 9.51. The van der Waals surface area contributed by atoms with Crippen molar-refractivity contribution in [2.45, 2.75) is 56.7 Å². The van der Waals surface area contributed by atoms with Crippen LogP contribution in [0.3, 0.4) is 0 Å². The van der Waals surface area contributed by atoms with Gasteiger partial charge in [-0.15, -0.1) is 0 Å². The van der Waals surface area contributed by atoms with Crippen LogP contribution in [0.1, 0.15) is 49.7 Å². The van der Waals surface area contributed by atoms with Crippen molar-refractivity contribution in [3.8, 4) is 0 Å². The Hall–Kier alpha value is -2.31. The third kappa shape index (κ3) is 4.96. The maximum atomic E-state index is 13.3. The highest BCUT2D eigenvalue weighted by Crippen LogP contribution is 2.42. The predicted octanol–water partition coefficient (Wildman–Crippen LogP) is 3.25. The number of aliphatic hydroxyl groups is 1. The molecule has 6 nitrogen and oxygen atoms in total. The summed E-state index contributed by atoms with van der Waals surface area (Å²) in [6.45, 7) is 2.93. The lowest BCUT2D eigenvalue weighted by molar-refractivity contribution is -0.914. The lowest BCUT2D eigenvalue weighted by Gasteiger charge is -2.41. The molecule has 2 aliphatic rings. The molecule has 0 radical (unpaired) electrons. The Labute approximate surface area is 184 Å². The Balaban J connectivity index is 1.37. The van der Waals surface area contributed by atoms with E-state index in [1.54, 1.807) is 6.33 Å². The Kier molecular flexibility index (Phi) is 6.68. The van der Waals surface area contributed by atoms with Crippen LogP contribution in [-0.4, -0.2) is 58.3 Å². The largest absolute Gasteiger partial charge is 0.460 e. The lowest BCUT2D eigenvalue weighted by Crippen LogP contribution is -2.53. The summed E-state index contributed by atoms with van der Waals surface area (Å²) < 4.78 is 6.91. The molecule has 1 saturated heterocycles. The number of hydrogen-bond acceptors (Lipinski definition) is 5. The van der Waals surface area contributed by atoms with E-state index in [-0.39, 0.29) is 12.0 Å². The summed E-state index contributed by atoms with van der Waals surface area (Å²) in [5, 5.41) is 11.6. The monoisotopic (exact) mass is 424 g/mol. The Morgan fingerprint density at radius 1 is 1.10 bits per heavy atom. The van der Waals surface area contributed by atoms with Crippen LogP contribution in [-0.2, 0) is 21.6 Å². The van der Waals surface area contributed by atoms with Crippen molar-refractivity contribution in [2.24, 2.45) is 5.92 Å². The van der Waals surface area contributed by atoms with Crippen LogP contribution in [0.5, 0.6) is 0 Å². The van der Waals surface area contributed by atoms with Crippen molar-refractivity contribution in [2.75, 3.05) is 26.7 Å². The average Bonchev–Trinajstić information content (AvgIpc) is 3.36. The molecule has 1 N–H and O–H groups in total. The molecule has 166 valence electrons. The van der Waals surface area contributed by atoms with Crippen molar-refractivity contribution in [3.63, 3.8) is 0 Å².